The molecule has 29 heavy (non-hydrogen) atoms. The van der Waals surface area contributed by atoms with Crippen molar-refractivity contribution < 1.29 is 17.6 Å². The predicted molar refractivity (Wildman–Crippen MR) is 106 cm³/mol. The fourth-order valence-corrected chi connectivity index (χ4v) is 3.88. The van der Waals surface area contributed by atoms with Gasteiger partial charge in [-0.3, -0.25) is 14.5 Å². The summed E-state index contributed by atoms with van der Waals surface area (Å²) in [6.45, 7) is -0.0332. The second-order valence-corrected chi connectivity index (χ2v) is 8.57. The molecule has 152 valence electrons. The van der Waals surface area contributed by atoms with Crippen LogP contribution in [-0.2, 0) is 30.0 Å². The average molecular weight is 437 g/mol. The number of Topliss-reactive ketones (excluding diaryl/α,β-unsaturated/α-hetero) is 1. The molecule has 0 bridgehead atoms. The number of aromatic nitrogens is 3. The first kappa shape index (κ1) is 21.1. The normalized spacial score (nSPS) is 11.6. The summed E-state index contributed by atoms with van der Waals surface area (Å²) in [6.07, 6.45) is 5.87. The Balaban J connectivity index is 1.58. The van der Waals surface area contributed by atoms with E-state index in [-0.39, 0.29) is 22.2 Å². The SMILES string of the molecule is Cn1cc(CCC(=O)c2ccc(CNS(=O)(=O)c3ccc(F)c(Cl)c3)cn2)cn1. The molecular weight excluding hydrogens is 419 g/mol. The van der Waals surface area contributed by atoms with Crippen LogP contribution in [0.1, 0.15) is 28.0 Å². The van der Waals surface area contributed by atoms with Crippen LogP contribution in [-0.4, -0.2) is 29.0 Å². The number of rotatable bonds is 8. The van der Waals surface area contributed by atoms with Gasteiger partial charge in [0.25, 0.3) is 0 Å². The summed E-state index contributed by atoms with van der Waals surface area (Å²) >= 11 is 5.64. The van der Waals surface area contributed by atoms with E-state index in [1.54, 1.807) is 23.0 Å². The maximum absolute atomic E-state index is 13.2. The van der Waals surface area contributed by atoms with E-state index in [4.69, 9.17) is 11.6 Å². The summed E-state index contributed by atoms with van der Waals surface area (Å²) < 4.78 is 41.9. The Labute approximate surface area is 172 Å². The molecule has 0 aliphatic rings. The highest BCUT2D eigenvalue weighted by atomic mass is 35.5. The molecule has 0 saturated heterocycles. The van der Waals surface area contributed by atoms with Crippen molar-refractivity contribution in [2.75, 3.05) is 0 Å². The molecular formula is C19H18ClFN4O3S. The molecule has 3 rings (SSSR count). The molecule has 0 atom stereocenters. The average Bonchev–Trinajstić information content (AvgIpc) is 3.12. The number of benzene rings is 1. The number of carbonyl (C=O) groups excluding carboxylic acids is 1. The number of pyridine rings is 1. The Morgan fingerprint density at radius 1 is 1.21 bits per heavy atom. The molecule has 3 aromatic rings. The first-order valence-electron chi connectivity index (χ1n) is 8.65. The van der Waals surface area contributed by atoms with E-state index in [1.807, 2.05) is 13.2 Å². The van der Waals surface area contributed by atoms with Gasteiger partial charge in [-0.05, 0) is 41.8 Å². The van der Waals surface area contributed by atoms with Gasteiger partial charge in [-0.1, -0.05) is 17.7 Å². The Morgan fingerprint density at radius 2 is 2.00 bits per heavy atom. The first-order valence-corrected chi connectivity index (χ1v) is 10.5. The van der Waals surface area contributed by atoms with Gasteiger partial charge in [0.1, 0.15) is 11.5 Å². The van der Waals surface area contributed by atoms with E-state index in [0.717, 1.165) is 23.8 Å². The summed E-state index contributed by atoms with van der Waals surface area (Å²) in [4.78, 5) is 16.2. The molecule has 0 aliphatic heterocycles. The number of aryl methyl sites for hydroxylation is 2. The minimum atomic E-state index is -3.87. The van der Waals surface area contributed by atoms with Gasteiger partial charge in [0.15, 0.2) is 5.78 Å². The number of hydrogen-bond donors (Lipinski definition) is 1. The van der Waals surface area contributed by atoms with Gasteiger partial charge >= 0.3 is 0 Å². The van der Waals surface area contributed by atoms with E-state index in [2.05, 4.69) is 14.8 Å². The van der Waals surface area contributed by atoms with Crippen LogP contribution in [0.15, 0.2) is 53.8 Å². The van der Waals surface area contributed by atoms with Gasteiger partial charge in [0, 0.05) is 32.4 Å². The Bertz CT molecular complexity index is 1130. The highest BCUT2D eigenvalue weighted by molar-refractivity contribution is 7.89. The van der Waals surface area contributed by atoms with Crippen LogP contribution in [0.25, 0.3) is 0 Å². The fraction of sp³-hybridized carbons (Fsp3) is 0.211. The van der Waals surface area contributed by atoms with Crippen molar-refractivity contribution in [3.05, 3.63) is 76.6 Å². The lowest BCUT2D eigenvalue weighted by Gasteiger charge is -2.08. The first-order chi connectivity index (χ1) is 13.7. The molecule has 0 fully saturated rings. The number of ketones is 1. The second kappa shape index (κ2) is 8.81. The van der Waals surface area contributed by atoms with Crippen molar-refractivity contribution in [3.63, 3.8) is 0 Å². The Hall–Kier alpha value is -2.62. The predicted octanol–water partition coefficient (Wildman–Crippen LogP) is 2.90. The number of carbonyl (C=O) groups is 1. The van der Waals surface area contributed by atoms with Gasteiger partial charge in [0.05, 0.1) is 16.1 Å². The molecule has 7 nitrogen and oxygen atoms in total. The van der Waals surface area contributed by atoms with Gasteiger partial charge in [-0.15, -0.1) is 0 Å². The summed E-state index contributed by atoms with van der Waals surface area (Å²) in [5.41, 5.74) is 1.85. The van der Waals surface area contributed by atoms with Gasteiger partial charge in [0.2, 0.25) is 10.0 Å². The van der Waals surface area contributed by atoms with Crippen molar-refractivity contribution >= 4 is 27.4 Å². The van der Waals surface area contributed by atoms with Gasteiger partial charge in [-0.2, -0.15) is 5.10 Å². The zero-order valence-corrected chi connectivity index (χ0v) is 17.0. The molecule has 0 spiro atoms. The number of sulfonamides is 1. The van der Waals surface area contributed by atoms with Crippen LogP contribution >= 0.6 is 11.6 Å². The zero-order valence-electron chi connectivity index (χ0n) is 15.5. The van der Waals surface area contributed by atoms with Crippen LogP contribution in [0.2, 0.25) is 5.02 Å². The Kier molecular flexibility index (Phi) is 6.41. The van der Waals surface area contributed by atoms with E-state index in [1.165, 1.54) is 6.20 Å². The molecule has 1 aromatic carbocycles. The van der Waals surface area contributed by atoms with E-state index in [0.29, 0.717) is 24.1 Å². The standard InChI is InChI=1S/C19H18ClFN4O3S/c1-25-12-14(10-23-25)3-7-19(26)18-6-2-13(9-22-18)11-24-29(27,28)15-4-5-17(21)16(20)8-15/h2,4-6,8-10,12,24H,3,7,11H2,1H3. The fourth-order valence-electron chi connectivity index (χ4n) is 2.59. The third-order valence-corrected chi connectivity index (χ3v) is 5.87. The molecule has 2 heterocycles. The minimum Gasteiger partial charge on any atom is -0.292 e. The highest BCUT2D eigenvalue weighted by Crippen LogP contribution is 2.19. The van der Waals surface area contributed by atoms with Gasteiger partial charge < -0.3 is 0 Å². The van der Waals surface area contributed by atoms with Crippen LogP contribution in [0, 0.1) is 5.82 Å². The van der Waals surface area contributed by atoms with Crippen molar-refractivity contribution in [2.45, 2.75) is 24.3 Å². The number of nitrogens with zero attached hydrogens (tertiary/aromatic N) is 3. The molecule has 0 aliphatic carbocycles. The van der Waals surface area contributed by atoms with E-state index < -0.39 is 15.8 Å². The molecule has 1 N–H and O–H groups in total. The van der Waals surface area contributed by atoms with Crippen molar-refractivity contribution in [1.29, 1.82) is 0 Å². The van der Waals surface area contributed by atoms with E-state index in [9.17, 15) is 17.6 Å². The van der Waals surface area contributed by atoms with Crippen molar-refractivity contribution in [2.24, 2.45) is 7.05 Å². The lowest BCUT2D eigenvalue weighted by molar-refractivity contribution is 0.0978. The van der Waals surface area contributed by atoms with Crippen molar-refractivity contribution in [3.8, 4) is 0 Å². The second-order valence-electron chi connectivity index (χ2n) is 6.40. The van der Waals surface area contributed by atoms with Gasteiger partial charge in [-0.25, -0.2) is 17.5 Å². The van der Waals surface area contributed by atoms with Crippen LogP contribution in [0.4, 0.5) is 4.39 Å². The number of nitrogens with one attached hydrogen (secondary N) is 1. The summed E-state index contributed by atoms with van der Waals surface area (Å²) in [7, 11) is -2.06. The molecule has 10 heteroatoms. The smallest absolute Gasteiger partial charge is 0.240 e. The third-order valence-electron chi connectivity index (χ3n) is 4.18. The topological polar surface area (TPSA) is 94.0 Å². The molecule has 0 unspecified atom stereocenters. The maximum atomic E-state index is 13.2. The monoisotopic (exact) mass is 436 g/mol. The van der Waals surface area contributed by atoms with E-state index >= 15 is 0 Å². The quantitative estimate of drug-likeness (QED) is 0.548. The summed E-state index contributed by atoms with van der Waals surface area (Å²) in [5, 5.41) is 3.78. The Morgan fingerprint density at radius 3 is 2.62 bits per heavy atom. The maximum Gasteiger partial charge on any atom is 0.240 e. The molecule has 2 aromatic heterocycles. The number of halogens is 2. The summed E-state index contributed by atoms with van der Waals surface area (Å²) in [5.74, 6) is -0.805. The van der Waals surface area contributed by atoms with Crippen LogP contribution < -0.4 is 4.72 Å². The summed E-state index contributed by atoms with van der Waals surface area (Å²) in [6, 6.07) is 6.35. The molecule has 0 amide bonds. The zero-order chi connectivity index (χ0) is 21.0. The molecule has 0 saturated carbocycles. The van der Waals surface area contributed by atoms with Crippen LogP contribution in [0.3, 0.4) is 0 Å². The largest absolute Gasteiger partial charge is 0.292 e. The third kappa shape index (κ3) is 5.47. The minimum absolute atomic E-state index is 0.0332. The number of hydrogen-bond acceptors (Lipinski definition) is 5. The highest BCUT2D eigenvalue weighted by Gasteiger charge is 2.16. The van der Waals surface area contributed by atoms with Crippen molar-refractivity contribution in [1.82, 2.24) is 19.5 Å². The molecule has 0 radical (unpaired) electrons. The lowest BCUT2D eigenvalue weighted by Crippen LogP contribution is -2.23. The lowest BCUT2D eigenvalue weighted by atomic mass is 10.1. The van der Waals surface area contributed by atoms with Crippen LogP contribution in [0.5, 0.6) is 0 Å².